The normalized spacial score (nSPS) is 22.8. The minimum atomic E-state index is -1.06. The SMILES string of the molecule is CC(C)(C)OC(=O)OC(=O)OC(C)(C)C.CCOC(=O)NCCO[C@H]1CCCN([C@@H]2C=C(C(=O)OCC)C[C@H](N)[C@H]2NC(C)=O)C1.CCOC(=O)NCCO[C@H]1CCCN([C@@H]2C=C(C(=O)OCC)C[C@H](NC(=O)OC(C)(C)C)[C@H]2NC(C)=O)C1. The van der Waals surface area contributed by atoms with Crippen molar-refractivity contribution in [3.05, 3.63) is 23.3 Å². The number of amides is 5. The molecule has 480 valence electrons. The van der Waals surface area contributed by atoms with Crippen LogP contribution in [0.15, 0.2) is 23.3 Å². The molecule has 84 heavy (non-hydrogen) atoms. The predicted molar refractivity (Wildman–Crippen MR) is 307 cm³/mol. The van der Waals surface area contributed by atoms with Crippen LogP contribution < -0.4 is 32.3 Å². The number of nitrogens with one attached hydrogen (secondary N) is 5. The van der Waals surface area contributed by atoms with Gasteiger partial charge in [0.15, 0.2) is 0 Å². The third kappa shape index (κ3) is 30.0. The fourth-order valence-electron chi connectivity index (χ4n) is 9.33. The number of piperidine rings is 2. The molecule has 8 atom stereocenters. The first-order chi connectivity index (χ1) is 39.3. The van der Waals surface area contributed by atoms with E-state index in [9.17, 15) is 43.2 Å². The Balaban J connectivity index is 0.000000469. The summed E-state index contributed by atoms with van der Waals surface area (Å²) in [6.45, 7) is 30.4. The van der Waals surface area contributed by atoms with Gasteiger partial charge in [0, 0.05) is 63.6 Å². The van der Waals surface area contributed by atoms with E-state index < -0.39 is 77.5 Å². The molecular weight excluding hydrogens is 1100 g/mol. The van der Waals surface area contributed by atoms with Gasteiger partial charge in [-0.15, -0.1) is 0 Å². The zero-order valence-electron chi connectivity index (χ0n) is 52.2. The molecule has 4 rings (SSSR count). The Hall–Kier alpha value is -6.29. The summed E-state index contributed by atoms with van der Waals surface area (Å²) in [5.41, 5.74) is 5.24. The molecule has 2 heterocycles. The van der Waals surface area contributed by atoms with Crippen molar-refractivity contribution >= 4 is 54.3 Å². The maximum absolute atomic E-state index is 12.7. The molecule has 27 nitrogen and oxygen atoms in total. The minimum absolute atomic E-state index is 0.0201. The van der Waals surface area contributed by atoms with Gasteiger partial charge in [-0.25, -0.2) is 33.6 Å². The van der Waals surface area contributed by atoms with Gasteiger partial charge in [-0.05, 0) is 135 Å². The lowest BCUT2D eigenvalue weighted by molar-refractivity contribution is -0.139. The summed E-state index contributed by atoms with van der Waals surface area (Å²) < 4.78 is 51.3. The van der Waals surface area contributed by atoms with Gasteiger partial charge in [-0.3, -0.25) is 19.4 Å². The van der Waals surface area contributed by atoms with E-state index in [2.05, 4.69) is 41.1 Å². The van der Waals surface area contributed by atoms with Crippen molar-refractivity contribution in [2.75, 3.05) is 78.9 Å². The van der Waals surface area contributed by atoms with Gasteiger partial charge in [0.2, 0.25) is 11.8 Å². The number of ether oxygens (including phenoxy) is 10. The summed E-state index contributed by atoms with van der Waals surface area (Å²) in [7, 11) is 0. The van der Waals surface area contributed by atoms with Crippen molar-refractivity contribution in [1.29, 1.82) is 0 Å². The number of carbonyl (C=O) groups excluding carboxylic acids is 9. The molecule has 0 saturated carbocycles. The van der Waals surface area contributed by atoms with Gasteiger partial charge in [-0.1, -0.05) is 12.2 Å². The molecule has 2 fully saturated rings. The van der Waals surface area contributed by atoms with Crippen LogP contribution in [0.5, 0.6) is 0 Å². The number of hydrogen-bond donors (Lipinski definition) is 6. The van der Waals surface area contributed by atoms with Crippen LogP contribution in [0.2, 0.25) is 0 Å². The molecule has 4 aliphatic rings. The third-order valence-corrected chi connectivity index (χ3v) is 12.4. The summed E-state index contributed by atoms with van der Waals surface area (Å²) in [5.74, 6) is -1.23. The number of likely N-dealkylation sites (tertiary alicyclic amines) is 2. The Kier molecular flexibility index (Phi) is 32.1. The molecule has 0 spiro atoms. The van der Waals surface area contributed by atoms with E-state index in [0.717, 1.165) is 32.2 Å². The highest BCUT2D eigenvalue weighted by molar-refractivity contribution is 5.90. The van der Waals surface area contributed by atoms with Gasteiger partial charge in [0.05, 0.1) is 82.1 Å². The lowest BCUT2D eigenvalue weighted by atomic mass is 9.84. The molecule has 27 heteroatoms. The van der Waals surface area contributed by atoms with Crippen molar-refractivity contribution < 1.29 is 90.5 Å². The highest BCUT2D eigenvalue weighted by Gasteiger charge is 2.43. The predicted octanol–water partition coefficient (Wildman–Crippen LogP) is 5.05. The van der Waals surface area contributed by atoms with Crippen molar-refractivity contribution in [2.45, 2.75) is 208 Å². The Morgan fingerprint density at radius 1 is 0.536 bits per heavy atom. The minimum Gasteiger partial charge on any atom is -0.463 e. The monoisotopic (exact) mass is 1200 g/mol. The number of carbonyl (C=O) groups is 9. The largest absolute Gasteiger partial charge is 0.519 e. The lowest BCUT2D eigenvalue weighted by Gasteiger charge is -2.45. The van der Waals surface area contributed by atoms with Gasteiger partial charge in [0.1, 0.15) is 16.8 Å². The Bertz CT molecular complexity index is 2180. The quantitative estimate of drug-likeness (QED) is 0.0426. The van der Waals surface area contributed by atoms with E-state index in [1.54, 1.807) is 90.0 Å². The highest BCUT2D eigenvalue weighted by Crippen LogP contribution is 2.29. The number of nitrogens with zero attached hydrogens (tertiary/aromatic N) is 2. The standard InChI is InChI=1S/C26H44N4O8.C21H36N4O6.C10H18O5/c1-7-35-23(32)18-14-20(29-25(34)38-26(4,5)6)22(28-17(3)31)21(15-18)30-12-9-10-19(16-30)37-13-11-27-24(33)36-8-2;1-4-29-20(27)15-11-17(22)19(24-14(3)26)18(12-15)25-9-6-7-16(13-25)31-10-8-23-21(28)30-5-2;1-9(2,3)14-7(11)13-8(12)15-10(4,5)6/h15,19-22H,7-14,16H2,1-6H3,(H,27,33)(H,28,31)(H,29,34);12,16-19H,4-11,13,22H2,1-3H3,(H,23,28)(H,24,26);1-6H3/t19-,20-,21+,22+;16-,17-,18+,19+;/m00./s1. The second kappa shape index (κ2) is 36.5. The zero-order valence-corrected chi connectivity index (χ0v) is 52.2. The number of alkyl carbamates (subject to hydrolysis) is 3. The average Bonchev–Trinajstić information content (AvgIpc) is 1.80. The fourth-order valence-corrected chi connectivity index (χ4v) is 9.33. The van der Waals surface area contributed by atoms with Gasteiger partial charge in [0.25, 0.3) is 0 Å². The van der Waals surface area contributed by atoms with Crippen LogP contribution in [0, 0.1) is 0 Å². The molecule has 0 aromatic heterocycles. The molecule has 0 aromatic carbocycles. The van der Waals surface area contributed by atoms with E-state index in [4.69, 9.17) is 48.4 Å². The molecule has 5 amide bonds. The molecule has 0 radical (unpaired) electrons. The van der Waals surface area contributed by atoms with Crippen LogP contribution in [0.3, 0.4) is 0 Å². The van der Waals surface area contributed by atoms with E-state index >= 15 is 0 Å². The second-order valence-corrected chi connectivity index (χ2v) is 23.2. The van der Waals surface area contributed by atoms with E-state index in [1.165, 1.54) is 13.8 Å². The first-order valence-corrected chi connectivity index (χ1v) is 29.0. The van der Waals surface area contributed by atoms with Crippen LogP contribution in [0.1, 0.15) is 142 Å². The summed E-state index contributed by atoms with van der Waals surface area (Å²) >= 11 is 0. The van der Waals surface area contributed by atoms with Crippen molar-refractivity contribution in [3.63, 3.8) is 0 Å². The summed E-state index contributed by atoms with van der Waals surface area (Å²) in [6, 6.07) is -2.43. The fraction of sp³-hybridized carbons (Fsp3) is 0.772. The van der Waals surface area contributed by atoms with E-state index in [1.807, 2.05) is 12.2 Å². The van der Waals surface area contributed by atoms with Crippen LogP contribution in [0.25, 0.3) is 0 Å². The molecule has 0 aromatic rings. The molecule has 2 saturated heterocycles. The van der Waals surface area contributed by atoms with Gasteiger partial charge >= 0.3 is 42.5 Å². The summed E-state index contributed by atoms with van der Waals surface area (Å²) in [4.78, 5) is 111. The van der Waals surface area contributed by atoms with E-state index in [0.29, 0.717) is 83.3 Å². The van der Waals surface area contributed by atoms with Crippen LogP contribution >= 0.6 is 0 Å². The lowest BCUT2D eigenvalue weighted by Crippen LogP contribution is -2.64. The topological polar surface area (TPSA) is 339 Å². The van der Waals surface area contributed by atoms with Crippen LogP contribution in [-0.2, 0) is 66.5 Å². The van der Waals surface area contributed by atoms with Crippen LogP contribution in [0.4, 0.5) is 24.0 Å². The number of hydrogen-bond acceptors (Lipinski definition) is 22. The van der Waals surface area contributed by atoms with E-state index in [-0.39, 0.29) is 55.1 Å². The maximum atomic E-state index is 12.7. The second-order valence-electron chi connectivity index (χ2n) is 23.2. The molecule has 0 bridgehead atoms. The third-order valence-electron chi connectivity index (χ3n) is 12.4. The Labute approximate surface area is 495 Å². The Morgan fingerprint density at radius 2 is 0.929 bits per heavy atom. The number of nitrogens with two attached hydrogens (primary N) is 1. The molecule has 2 aliphatic heterocycles. The molecule has 2 aliphatic carbocycles. The molecule has 0 unspecified atom stereocenters. The average molecular weight is 1200 g/mol. The Morgan fingerprint density at radius 3 is 1.32 bits per heavy atom. The van der Waals surface area contributed by atoms with Crippen molar-refractivity contribution in [2.24, 2.45) is 5.73 Å². The first-order valence-electron chi connectivity index (χ1n) is 29.0. The number of esters is 2. The number of rotatable bonds is 19. The first kappa shape index (κ1) is 73.8. The van der Waals surface area contributed by atoms with Crippen molar-refractivity contribution in [3.8, 4) is 0 Å². The smallest absolute Gasteiger partial charge is 0.463 e. The van der Waals surface area contributed by atoms with Crippen molar-refractivity contribution in [1.82, 2.24) is 36.4 Å². The summed E-state index contributed by atoms with van der Waals surface area (Å²) in [5, 5.41) is 14.1. The highest BCUT2D eigenvalue weighted by atomic mass is 16.8. The van der Waals surface area contributed by atoms with Gasteiger partial charge in [-0.2, -0.15) is 0 Å². The molecule has 7 N–H and O–H groups in total. The molecular formula is C57H98N8O19. The maximum Gasteiger partial charge on any atom is 0.519 e. The zero-order chi connectivity index (χ0) is 63.4. The summed E-state index contributed by atoms with van der Waals surface area (Å²) in [6.07, 6.45) is 3.92. The van der Waals surface area contributed by atoms with Crippen LogP contribution in [-0.4, -0.2) is 208 Å². The van der Waals surface area contributed by atoms with Gasteiger partial charge < -0.3 is 79.7 Å².